The second-order valence-corrected chi connectivity index (χ2v) is 6.11. The first-order chi connectivity index (χ1) is 12.2. The highest BCUT2D eigenvalue weighted by Crippen LogP contribution is 2.25. The van der Waals surface area contributed by atoms with Gasteiger partial charge in [-0.2, -0.15) is 9.78 Å². The minimum atomic E-state index is 0.511. The first kappa shape index (κ1) is 15.3. The molecular weight excluding hydrogens is 312 g/mol. The predicted molar refractivity (Wildman–Crippen MR) is 98.3 cm³/mol. The van der Waals surface area contributed by atoms with Crippen molar-refractivity contribution in [1.82, 2.24) is 24.7 Å². The Bertz CT molecular complexity index is 990. The Morgan fingerprint density at radius 1 is 0.960 bits per heavy atom. The monoisotopic (exact) mass is 330 g/mol. The van der Waals surface area contributed by atoms with Gasteiger partial charge in [-0.1, -0.05) is 32.0 Å². The molecule has 0 atom stereocenters. The van der Waals surface area contributed by atoms with E-state index in [2.05, 4.69) is 63.5 Å². The standard InChI is InChI=1S/C19H18N6/c1-13(2)14-6-8-15(9-7-14)24-18-16-11-23-25(19(16)22-12-21-18)17-5-3-4-10-20-17/h3-13H,1-2H3,(H,21,22,24). The summed E-state index contributed by atoms with van der Waals surface area (Å²) >= 11 is 0. The highest BCUT2D eigenvalue weighted by Gasteiger charge is 2.12. The Balaban J connectivity index is 1.70. The molecule has 6 nitrogen and oxygen atoms in total. The first-order valence-electron chi connectivity index (χ1n) is 8.19. The average Bonchev–Trinajstić information content (AvgIpc) is 3.08. The van der Waals surface area contributed by atoms with Crippen LogP contribution in [0.5, 0.6) is 0 Å². The van der Waals surface area contributed by atoms with E-state index in [1.165, 1.54) is 11.9 Å². The molecule has 0 aliphatic rings. The molecule has 0 radical (unpaired) electrons. The van der Waals surface area contributed by atoms with Crippen molar-refractivity contribution in [3.05, 3.63) is 66.7 Å². The molecule has 0 spiro atoms. The number of fused-ring (bicyclic) bond motifs is 1. The first-order valence-corrected chi connectivity index (χ1v) is 8.19. The van der Waals surface area contributed by atoms with Crippen molar-refractivity contribution < 1.29 is 0 Å². The molecule has 4 rings (SSSR count). The summed E-state index contributed by atoms with van der Waals surface area (Å²) in [5.74, 6) is 1.96. The number of nitrogens with zero attached hydrogens (tertiary/aromatic N) is 5. The van der Waals surface area contributed by atoms with E-state index in [1.54, 1.807) is 17.1 Å². The number of hydrogen-bond donors (Lipinski definition) is 1. The van der Waals surface area contributed by atoms with E-state index < -0.39 is 0 Å². The molecule has 6 heteroatoms. The van der Waals surface area contributed by atoms with Crippen LogP contribution < -0.4 is 5.32 Å². The van der Waals surface area contributed by atoms with Crippen LogP contribution in [0.3, 0.4) is 0 Å². The molecule has 4 aromatic rings. The smallest absolute Gasteiger partial charge is 0.170 e. The number of hydrogen-bond acceptors (Lipinski definition) is 5. The van der Waals surface area contributed by atoms with Crippen molar-refractivity contribution in [1.29, 1.82) is 0 Å². The van der Waals surface area contributed by atoms with Crippen molar-refractivity contribution in [2.45, 2.75) is 19.8 Å². The van der Waals surface area contributed by atoms with E-state index in [1.807, 2.05) is 18.2 Å². The van der Waals surface area contributed by atoms with E-state index in [4.69, 9.17) is 0 Å². The Morgan fingerprint density at radius 3 is 2.52 bits per heavy atom. The van der Waals surface area contributed by atoms with Gasteiger partial charge in [-0.05, 0) is 35.7 Å². The third-order valence-corrected chi connectivity index (χ3v) is 4.07. The van der Waals surface area contributed by atoms with Crippen molar-refractivity contribution >= 4 is 22.5 Å². The van der Waals surface area contributed by atoms with Gasteiger partial charge in [0, 0.05) is 11.9 Å². The van der Waals surface area contributed by atoms with Gasteiger partial charge >= 0.3 is 0 Å². The normalized spacial score (nSPS) is 11.2. The Morgan fingerprint density at radius 2 is 1.80 bits per heavy atom. The third kappa shape index (κ3) is 2.94. The zero-order chi connectivity index (χ0) is 17.2. The van der Waals surface area contributed by atoms with Gasteiger partial charge in [0.1, 0.15) is 12.1 Å². The number of nitrogens with one attached hydrogen (secondary N) is 1. The van der Waals surface area contributed by atoms with Gasteiger partial charge in [-0.3, -0.25) is 0 Å². The molecular formula is C19H18N6. The summed E-state index contributed by atoms with van der Waals surface area (Å²) in [4.78, 5) is 13.1. The molecule has 0 aliphatic heterocycles. The highest BCUT2D eigenvalue weighted by atomic mass is 15.3. The fraction of sp³-hybridized carbons (Fsp3) is 0.158. The number of pyridine rings is 1. The number of aromatic nitrogens is 5. The molecule has 1 aromatic carbocycles. The number of rotatable bonds is 4. The van der Waals surface area contributed by atoms with E-state index in [0.717, 1.165) is 28.4 Å². The molecule has 3 aromatic heterocycles. The maximum absolute atomic E-state index is 4.42. The summed E-state index contributed by atoms with van der Waals surface area (Å²) in [5, 5.41) is 8.62. The summed E-state index contributed by atoms with van der Waals surface area (Å²) in [6.45, 7) is 4.37. The highest BCUT2D eigenvalue weighted by molar-refractivity contribution is 5.88. The summed E-state index contributed by atoms with van der Waals surface area (Å²) in [6, 6.07) is 14.1. The van der Waals surface area contributed by atoms with Crippen LogP contribution >= 0.6 is 0 Å². The molecule has 0 fully saturated rings. The minimum Gasteiger partial charge on any atom is -0.340 e. The second-order valence-electron chi connectivity index (χ2n) is 6.11. The van der Waals surface area contributed by atoms with E-state index in [-0.39, 0.29) is 0 Å². The van der Waals surface area contributed by atoms with E-state index in [9.17, 15) is 0 Å². The average molecular weight is 330 g/mol. The molecule has 124 valence electrons. The number of anilines is 2. The van der Waals surface area contributed by atoms with Crippen LogP contribution in [0.25, 0.3) is 16.9 Å². The van der Waals surface area contributed by atoms with Crippen LogP contribution in [-0.4, -0.2) is 24.7 Å². The predicted octanol–water partition coefficient (Wildman–Crippen LogP) is 4.08. The Hall–Kier alpha value is -3.28. The van der Waals surface area contributed by atoms with Gasteiger partial charge in [0.15, 0.2) is 11.5 Å². The Labute approximate surface area is 145 Å². The lowest BCUT2D eigenvalue weighted by Gasteiger charge is -2.09. The minimum absolute atomic E-state index is 0.511. The van der Waals surface area contributed by atoms with E-state index in [0.29, 0.717) is 5.92 Å². The van der Waals surface area contributed by atoms with Crippen molar-refractivity contribution in [2.75, 3.05) is 5.32 Å². The van der Waals surface area contributed by atoms with Gasteiger partial charge in [0.2, 0.25) is 0 Å². The summed E-state index contributed by atoms with van der Waals surface area (Å²) < 4.78 is 1.71. The van der Waals surface area contributed by atoms with Gasteiger partial charge in [0.05, 0.1) is 11.6 Å². The van der Waals surface area contributed by atoms with Crippen LogP contribution in [-0.2, 0) is 0 Å². The summed E-state index contributed by atoms with van der Waals surface area (Å²) in [5.41, 5.74) is 3.01. The quantitative estimate of drug-likeness (QED) is 0.610. The molecule has 3 heterocycles. The maximum atomic E-state index is 4.42. The molecule has 0 aliphatic carbocycles. The van der Waals surface area contributed by atoms with Gasteiger partial charge in [-0.15, -0.1) is 0 Å². The third-order valence-electron chi connectivity index (χ3n) is 4.07. The van der Waals surface area contributed by atoms with Crippen molar-refractivity contribution in [2.24, 2.45) is 0 Å². The molecule has 0 saturated carbocycles. The summed E-state index contributed by atoms with van der Waals surface area (Å²) in [6.07, 6.45) is 5.03. The topological polar surface area (TPSA) is 68.5 Å². The lowest BCUT2D eigenvalue weighted by atomic mass is 10.0. The fourth-order valence-electron chi connectivity index (χ4n) is 2.68. The van der Waals surface area contributed by atoms with Crippen LogP contribution in [0.4, 0.5) is 11.5 Å². The van der Waals surface area contributed by atoms with Crippen LogP contribution in [0, 0.1) is 0 Å². The fourth-order valence-corrected chi connectivity index (χ4v) is 2.68. The zero-order valence-electron chi connectivity index (χ0n) is 14.1. The lowest BCUT2D eigenvalue weighted by Crippen LogP contribution is -2.01. The van der Waals surface area contributed by atoms with Crippen LogP contribution in [0.2, 0.25) is 0 Å². The van der Waals surface area contributed by atoms with E-state index >= 15 is 0 Å². The maximum Gasteiger partial charge on any atom is 0.170 e. The Kier molecular flexibility index (Phi) is 3.85. The van der Waals surface area contributed by atoms with Crippen molar-refractivity contribution in [3.63, 3.8) is 0 Å². The molecule has 0 amide bonds. The lowest BCUT2D eigenvalue weighted by molar-refractivity contribution is 0.861. The SMILES string of the molecule is CC(C)c1ccc(Nc2ncnc3c2cnn3-c2ccccn2)cc1. The molecule has 0 bridgehead atoms. The number of benzene rings is 1. The molecule has 0 saturated heterocycles. The molecule has 1 N–H and O–H groups in total. The summed E-state index contributed by atoms with van der Waals surface area (Å²) in [7, 11) is 0. The zero-order valence-corrected chi connectivity index (χ0v) is 14.1. The van der Waals surface area contributed by atoms with Gasteiger partial charge in [-0.25, -0.2) is 15.0 Å². The molecule has 25 heavy (non-hydrogen) atoms. The van der Waals surface area contributed by atoms with Gasteiger partial charge < -0.3 is 5.32 Å². The second kappa shape index (κ2) is 6.32. The van der Waals surface area contributed by atoms with Gasteiger partial charge in [0.25, 0.3) is 0 Å². The van der Waals surface area contributed by atoms with Crippen LogP contribution in [0.15, 0.2) is 61.2 Å². The molecule has 0 unspecified atom stereocenters. The largest absolute Gasteiger partial charge is 0.340 e. The van der Waals surface area contributed by atoms with Crippen LogP contribution in [0.1, 0.15) is 25.3 Å². The van der Waals surface area contributed by atoms with Crippen molar-refractivity contribution in [3.8, 4) is 5.82 Å².